The highest BCUT2D eigenvalue weighted by Crippen LogP contribution is 2.36. The van der Waals surface area contributed by atoms with E-state index in [9.17, 15) is 19.2 Å². The minimum Gasteiger partial charge on any atom is -0.480 e. The number of allylic oxidation sites excluding steroid dienone is 2. The fraction of sp³-hybridized carbons (Fsp3) is 0.710. The summed E-state index contributed by atoms with van der Waals surface area (Å²) >= 11 is 0. The Kier molecular flexibility index (Phi) is 16.2. The Bertz CT molecular complexity index is 779. The van der Waals surface area contributed by atoms with Crippen LogP contribution in [0, 0.1) is 18.3 Å². The van der Waals surface area contributed by atoms with E-state index in [4.69, 9.17) is 0 Å². The van der Waals surface area contributed by atoms with Crippen LogP contribution >= 0.6 is 0 Å². The number of aliphatic carboxylic acids is 1. The number of carboxylic acid groups (broad SMARTS) is 1. The maximum atomic E-state index is 13.1. The van der Waals surface area contributed by atoms with Gasteiger partial charge in [-0.3, -0.25) is 9.00 Å². The molecule has 0 saturated heterocycles. The summed E-state index contributed by atoms with van der Waals surface area (Å²) in [7, 11) is -1.82. The van der Waals surface area contributed by atoms with Crippen molar-refractivity contribution in [3.8, 4) is 0 Å². The molecule has 1 aromatic carbocycles. The Balaban J connectivity index is 2.48. The molecule has 4 nitrogen and oxygen atoms in total. The second-order valence-electron chi connectivity index (χ2n) is 11.4. The van der Waals surface area contributed by atoms with Crippen molar-refractivity contribution in [2.45, 2.75) is 134 Å². The van der Waals surface area contributed by atoms with Crippen molar-refractivity contribution >= 4 is 16.8 Å². The monoisotopic (exact) mass is 520 g/mol. The first-order valence-corrected chi connectivity index (χ1v) is 15.3. The number of aryl methyl sites for hydroxylation is 1. The highest BCUT2D eigenvalue weighted by atomic mass is 32.2. The largest absolute Gasteiger partial charge is 0.480 e. The molecule has 206 valence electrons. The molecule has 0 aliphatic rings. The zero-order valence-corrected chi connectivity index (χ0v) is 24.3. The van der Waals surface area contributed by atoms with Crippen LogP contribution < -0.4 is 0 Å². The third-order valence-corrected chi connectivity index (χ3v) is 8.77. The molecular weight excluding hydrogens is 468 g/mol. The standard InChI is InChI=1S/C31H52O4S/c1-6-7-8-9-10-11-12-13-14-15-16-17-18-19-20-27(31(3,4)5)28(32)29(30(33)34)36(35)26-23-21-25(2)22-24-26/h13-14,21-24,27-29,32H,6-12,15-20H2,1-5H3,(H,33,34)/t27?,28-,29-,36+/m1/s1. The molecule has 0 heterocycles. The molecule has 1 aromatic rings. The molecule has 0 saturated carbocycles. The van der Waals surface area contributed by atoms with Crippen LogP contribution in [0.3, 0.4) is 0 Å². The maximum absolute atomic E-state index is 13.1. The zero-order chi connectivity index (χ0) is 27.0. The number of aliphatic hydroxyl groups excluding tert-OH is 1. The van der Waals surface area contributed by atoms with Gasteiger partial charge in [-0.15, -0.1) is 0 Å². The lowest BCUT2D eigenvalue weighted by atomic mass is 9.73. The van der Waals surface area contributed by atoms with Gasteiger partial charge in [-0.05, 0) is 62.5 Å². The van der Waals surface area contributed by atoms with E-state index in [0.717, 1.165) is 44.1 Å². The normalized spacial score (nSPS) is 15.6. The van der Waals surface area contributed by atoms with Crippen molar-refractivity contribution in [1.29, 1.82) is 0 Å². The number of aliphatic hydroxyl groups is 1. The van der Waals surface area contributed by atoms with Crippen LogP contribution in [0.15, 0.2) is 41.3 Å². The van der Waals surface area contributed by atoms with Gasteiger partial charge in [0, 0.05) is 4.90 Å². The quantitative estimate of drug-likeness (QED) is 0.142. The summed E-state index contributed by atoms with van der Waals surface area (Å²) in [6, 6.07) is 7.04. The lowest BCUT2D eigenvalue weighted by molar-refractivity contribution is -0.140. The van der Waals surface area contributed by atoms with E-state index in [0.29, 0.717) is 4.90 Å². The lowest BCUT2D eigenvalue weighted by Gasteiger charge is -2.37. The Morgan fingerprint density at radius 2 is 1.39 bits per heavy atom. The van der Waals surface area contributed by atoms with Crippen molar-refractivity contribution < 1.29 is 19.2 Å². The Labute approximate surface area is 223 Å². The lowest BCUT2D eigenvalue weighted by Crippen LogP contribution is -2.46. The van der Waals surface area contributed by atoms with Gasteiger partial charge in [0.2, 0.25) is 0 Å². The predicted octanol–water partition coefficient (Wildman–Crippen LogP) is 8.23. The van der Waals surface area contributed by atoms with E-state index in [1.165, 1.54) is 44.9 Å². The van der Waals surface area contributed by atoms with Crippen LogP contribution in [0.1, 0.15) is 117 Å². The molecule has 0 radical (unpaired) electrons. The van der Waals surface area contributed by atoms with Gasteiger partial charge in [0.15, 0.2) is 5.25 Å². The molecule has 1 unspecified atom stereocenters. The minimum absolute atomic E-state index is 0.245. The molecule has 0 aliphatic carbocycles. The maximum Gasteiger partial charge on any atom is 0.322 e. The van der Waals surface area contributed by atoms with Gasteiger partial charge in [-0.2, -0.15) is 0 Å². The van der Waals surface area contributed by atoms with Crippen LogP contribution in [0.5, 0.6) is 0 Å². The molecule has 2 N–H and O–H groups in total. The van der Waals surface area contributed by atoms with Crippen molar-refractivity contribution in [3.63, 3.8) is 0 Å². The number of hydrogen-bond donors (Lipinski definition) is 2. The topological polar surface area (TPSA) is 74.6 Å². The summed E-state index contributed by atoms with van der Waals surface area (Å²) in [5.41, 5.74) is 0.730. The molecule has 0 fully saturated rings. The number of carboxylic acids is 1. The molecule has 5 heteroatoms. The smallest absolute Gasteiger partial charge is 0.322 e. The second kappa shape index (κ2) is 17.9. The average Bonchev–Trinajstić information content (AvgIpc) is 2.81. The van der Waals surface area contributed by atoms with Gasteiger partial charge in [0.1, 0.15) is 0 Å². The summed E-state index contributed by atoms with van der Waals surface area (Å²) in [5.74, 6) is -1.45. The van der Waals surface area contributed by atoms with Crippen LogP contribution in [0.4, 0.5) is 0 Å². The summed E-state index contributed by atoms with van der Waals surface area (Å²) in [4.78, 5) is 12.5. The van der Waals surface area contributed by atoms with Crippen LogP contribution in [0.25, 0.3) is 0 Å². The Morgan fingerprint density at radius 3 is 1.89 bits per heavy atom. The van der Waals surface area contributed by atoms with E-state index in [1.54, 1.807) is 12.1 Å². The van der Waals surface area contributed by atoms with Crippen molar-refractivity contribution in [1.82, 2.24) is 0 Å². The molecule has 0 bridgehead atoms. The number of carbonyl (C=O) groups is 1. The fourth-order valence-corrected chi connectivity index (χ4v) is 6.09. The zero-order valence-electron chi connectivity index (χ0n) is 23.5. The van der Waals surface area contributed by atoms with E-state index in [-0.39, 0.29) is 11.3 Å². The van der Waals surface area contributed by atoms with Crippen LogP contribution in [0.2, 0.25) is 0 Å². The van der Waals surface area contributed by atoms with Crippen LogP contribution in [-0.2, 0) is 15.6 Å². The minimum atomic E-state index is -1.82. The molecule has 0 spiro atoms. The first-order chi connectivity index (χ1) is 17.1. The van der Waals surface area contributed by atoms with Gasteiger partial charge in [0.25, 0.3) is 0 Å². The molecular formula is C31H52O4S. The third-order valence-electron chi connectivity index (χ3n) is 7.09. The fourth-order valence-electron chi connectivity index (χ4n) is 4.77. The van der Waals surface area contributed by atoms with E-state index in [1.807, 2.05) is 39.8 Å². The molecule has 4 atom stereocenters. The summed E-state index contributed by atoms with van der Waals surface area (Å²) in [5, 5.41) is 19.7. The number of unbranched alkanes of at least 4 members (excludes halogenated alkanes) is 10. The molecule has 0 aromatic heterocycles. The first kappa shape index (κ1) is 32.6. The van der Waals surface area contributed by atoms with E-state index < -0.39 is 28.1 Å². The Morgan fingerprint density at radius 1 is 0.889 bits per heavy atom. The second-order valence-corrected chi connectivity index (χ2v) is 12.9. The SMILES string of the molecule is CCCCCCCCC=CCCCCCCC([C@@H](O)[C@H](C(=O)O)[S@@](=O)c1ccc(C)cc1)C(C)(C)C. The van der Waals surface area contributed by atoms with Crippen molar-refractivity contribution in [2.75, 3.05) is 0 Å². The van der Waals surface area contributed by atoms with E-state index >= 15 is 0 Å². The molecule has 36 heavy (non-hydrogen) atoms. The summed E-state index contributed by atoms with van der Waals surface area (Å²) in [6.07, 6.45) is 18.8. The van der Waals surface area contributed by atoms with Gasteiger partial charge in [-0.25, -0.2) is 0 Å². The summed E-state index contributed by atoms with van der Waals surface area (Å²) in [6.45, 7) is 10.3. The summed E-state index contributed by atoms with van der Waals surface area (Å²) < 4.78 is 13.1. The van der Waals surface area contributed by atoms with Gasteiger partial charge < -0.3 is 10.2 Å². The molecule has 0 aliphatic heterocycles. The van der Waals surface area contributed by atoms with Gasteiger partial charge >= 0.3 is 5.97 Å². The highest BCUT2D eigenvalue weighted by molar-refractivity contribution is 7.86. The van der Waals surface area contributed by atoms with Crippen LogP contribution in [-0.4, -0.2) is 31.7 Å². The predicted molar refractivity (Wildman–Crippen MR) is 153 cm³/mol. The first-order valence-electron chi connectivity index (χ1n) is 14.1. The molecule has 1 rings (SSSR count). The highest BCUT2D eigenvalue weighted by Gasteiger charge is 2.42. The van der Waals surface area contributed by atoms with E-state index in [2.05, 4.69) is 19.1 Å². The van der Waals surface area contributed by atoms with Gasteiger partial charge in [-0.1, -0.05) is 109 Å². The average molecular weight is 521 g/mol. The van der Waals surface area contributed by atoms with Gasteiger partial charge in [0.05, 0.1) is 16.9 Å². The number of hydrogen-bond acceptors (Lipinski definition) is 3. The molecule has 0 amide bonds. The number of benzene rings is 1. The Hall–Kier alpha value is -1.46. The third kappa shape index (κ3) is 12.7. The van der Waals surface area contributed by atoms with Crippen molar-refractivity contribution in [2.24, 2.45) is 11.3 Å². The number of rotatable bonds is 19. The van der Waals surface area contributed by atoms with Crippen molar-refractivity contribution in [3.05, 3.63) is 42.0 Å².